The Balaban J connectivity index is 1.98. The molecule has 1 aromatic carbocycles. The summed E-state index contributed by atoms with van der Waals surface area (Å²) in [5.41, 5.74) is 1.42. The molecular weight excluding hydrogens is 290 g/mol. The molecule has 0 saturated carbocycles. The molecular formula is C15H22BrNO. The molecule has 0 N–H and O–H groups in total. The van der Waals surface area contributed by atoms with Crippen LogP contribution in [0.25, 0.3) is 0 Å². The summed E-state index contributed by atoms with van der Waals surface area (Å²) in [7, 11) is 0. The number of hydrogen-bond acceptors (Lipinski definition) is 2. The number of halogens is 1. The molecule has 18 heavy (non-hydrogen) atoms. The molecule has 3 heteroatoms. The predicted molar refractivity (Wildman–Crippen MR) is 79.4 cm³/mol. The van der Waals surface area contributed by atoms with Crippen molar-refractivity contribution in [1.82, 2.24) is 4.90 Å². The van der Waals surface area contributed by atoms with E-state index in [0.717, 1.165) is 25.0 Å². The molecule has 1 heterocycles. The fraction of sp³-hybridized carbons (Fsp3) is 0.600. The van der Waals surface area contributed by atoms with E-state index in [4.69, 9.17) is 4.74 Å². The van der Waals surface area contributed by atoms with Gasteiger partial charge in [-0.3, -0.25) is 4.90 Å². The zero-order chi connectivity index (χ0) is 13.0. The van der Waals surface area contributed by atoms with E-state index >= 15 is 0 Å². The lowest BCUT2D eigenvalue weighted by molar-refractivity contribution is -0.0688. The Labute approximate surface area is 118 Å². The lowest BCUT2D eigenvalue weighted by Gasteiger charge is -2.37. The molecule has 3 atom stereocenters. The van der Waals surface area contributed by atoms with Gasteiger partial charge >= 0.3 is 0 Å². The van der Waals surface area contributed by atoms with Crippen molar-refractivity contribution in [1.29, 1.82) is 0 Å². The summed E-state index contributed by atoms with van der Waals surface area (Å²) in [6.45, 7) is 7.51. The highest BCUT2D eigenvalue weighted by atomic mass is 79.9. The van der Waals surface area contributed by atoms with Gasteiger partial charge in [0.1, 0.15) is 0 Å². The molecule has 0 spiro atoms. The average Bonchev–Trinajstić information content (AvgIpc) is 2.36. The Morgan fingerprint density at radius 1 is 1.22 bits per heavy atom. The summed E-state index contributed by atoms with van der Waals surface area (Å²) in [4.78, 5) is 2.53. The molecule has 1 fully saturated rings. The highest BCUT2D eigenvalue weighted by Crippen LogP contribution is 2.21. The number of alkyl halides is 1. The van der Waals surface area contributed by atoms with Crippen LogP contribution in [-0.2, 0) is 4.74 Å². The normalized spacial score (nSPS) is 27.1. The molecule has 100 valence electrons. The summed E-state index contributed by atoms with van der Waals surface area (Å²) >= 11 is 3.65. The third-order valence-electron chi connectivity index (χ3n) is 3.43. The number of hydrogen-bond donors (Lipinski definition) is 0. The summed E-state index contributed by atoms with van der Waals surface area (Å²) in [5.74, 6) is 0.559. The molecule has 1 aliphatic rings. The van der Waals surface area contributed by atoms with Crippen LogP contribution in [0.15, 0.2) is 30.3 Å². The van der Waals surface area contributed by atoms with E-state index in [-0.39, 0.29) is 0 Å². The predicted octanol–water partition coefficient (Wildman–Crippen LogP) is 3.27. The third-order valence-corrected chi connectivity index (χ3v) is 4.21. The topological polar surface area (TPSA) is 12.5 Å². The standard InChI is InChI=1S/C15H22BrNO/c1-12-9-17(10-13(2)18-12)11-15(8-16)14-6-4-3-5-7-14/h3-7,12-13,15H,8-11H2,1-2H3. The highest BCUT2D eigenvalue weighted by Gasteiger charge is 2.24. The summed E-state index contributed by atoms with van der Waals surface area (Å²) in [5, 5.41) is 1.01. The van der Waals surface area contributed by atoms with Gasteiger partial charge < -0.3 is 4.74 Å². The number of morpholine rings is 1. The first kappa shape index (κ1) is 14.0. The van der Waals surface area contributed by atoms with E-state index in [1.54, 1.807) is 0 Å². The number of nitrogens with zero attached hydrogens (tertiary/aromatic N) is 1. The van der Waals surface area contributed by atoms with Gasteiger partial charge in [0, 0.05) is 30.9 Å². The van der Waals surface area contributed by atoms with E-state index < -0.39 is 0 Å². The van der Waals surface area contributed by atoms with Crippen molar-refractivity contribution in [3.63, 3.8) is 0 Å². The van der Waals surface area contributed by atoms with Crippen molar-refractivity contribution in [3.8, 4) is 0 Å². The monoisotopic (exact) mass is 311 g/mol. The van der Waals surface area contributed by atoms with Gasteiger partial charge in [-0.05, 0) is 19.4 Å². The highest BCUT2D eigenvalue weighted by molar-refractivity contribution is 9.09. The van der Waals surface area contributed by atoms with Crippen molar-refractivity contribution in [3.05, 3.63) is 35.9 Å². The van der Waals surface area contributed by atoms with Gasteiger partial charge in [0.15, 0.2) is 0 Å². The Morgan fingerprint density at radius 3 is 2.39 bits per heavy atom. The quantitative estimate of drug-likeness (QED) is 0.791. The maximum absolute atomic E-state index is 5.78. The maximum Gasteiger partial charge on any atom is 0.0678 e. The fourth-order valence-electron chi connectivity index (χ4n) is 2.71. The van der Waals surface area contributed by atoms with Crippen LogP contribution in [0.5, 0.6) is 0 Å². The molecule has 0 bridgehead atoms. The van der Waals surface area contributed by atoms with Crippen LogP contribution in [0.3, 0.4) is 0 Å². The molecule has 2 nitrogen and oxygen atoms in total. The summed E-state index contributed by atoms with van der Waals surface area (Å²) in [6, 6.07) is 10.8. The minimum Gasteiger partial charge on any atom is -0.373 e. The molecule has 1 saturated heterocycles. The Morgan fingerprint density at radius 2 is 1.83 bits per heavy atom. The van der Waals surface area contributed by atoms with Gasteiger partial charge in [0.25, 0.3) is 0 Å². The molecule has 0 aromatic heterocycles. The number of benzene rings is 1. The molecule has 0 amide bonds. The van der Waals surface area contributed by atoms with Crippen molar-refractivity contribution in [2.24, 2.45) is 0 Å². The van der Waals surface area contributed by atoms with Crippen molar-refractivity contribution >= 4 is 15.9 Å². The van der Waals surface area contributed by atoms with Crippen LogP contribution in [-0.4, -0.2) is 42.1 Å². The van der Waals surface area contributed by atoms with Gasteiger partial charge in [-0.1, -0.05) is 46.3 Å². The van der Waals surface area contributed by atoms with Crippen LogP contribution in [0, 0.1) is 0 Å². The zero-order valence-electron chi connectivity index (χ0n) is 11.2. The number of ether oxygens (including phenoxy) is 1. The fourth-order valence-corrected chi connectivity index (χ4v) is 3.29. The minimum atomic E-state index is 0.348. The van der Waals surface area contributed by atoms with Crippen LogP contribution in [0.1, 0.15) is 25.3 Å². The molecule has 0 aliphatic carbocycles. The smallest absolute Gasteiger partial charge is 0.0678 e. The first-order chi connectivity index (χ1) is 8.69. The van der Waals surface area contributed by atoms with Gasteiger partial charge in [0.2, 0.25) is 0 Å². The zero-order valence-corrected chi connectivity index (χ0v) is 12.8. The SMILES string of the molecule is CC1CN(CC(CBr)c2ccccc2)CC(C)O1. The molecule has 2 rings (SSSR count). The van der Waals surface area contributed by atoms with E-state index in [2.05, 4.69) is 65.0 Å². The second-order valence-electron chi connectivity index (χ2n) is 5.24. The van der Waals surface area contributed by atoms with Gasteiger partial charge in [0.05, 0.1) is 12.2 Å². The second kappa shape index (κ2) is 6.69. The third kappa shape index (κ3) is 3.81. The van der Waals surface area contributed by atoms with Crippen molar-refractivity contribution in [2.75, 3.05) is 25.0 Å². The van der Waals surface area contributed by atoms with Crippen molar-refractivity contribution < 1.29 is 4.74 Å². The van der Waals surface area contributed by atoms with E-state index in [9.17, 15) is 0 Å². The van der Waals surface area contributed by atoms with Gasteiger partial charge in [-0.2, -0.15) is 0 Å². The lowest BCUT2D eigenvalue weighted by atomic mass is 10.00. The lowest BCUT2D eigenvalue weighted by Crippen LogP contribution is -2.46. The second-order valence-corrected chi connectivity index (χ2v) is 5.89. The van der Waals surface area contributed by atoms with E-state index in [1.165, 1.54) is 5.56 Å². The van der Waals surface area contributed by atoms with Crippen LogP contribution >= 0.6 is 15.9 Å². The van der Waals surface area contributed by atoms with Gasteiger partial charge in [-0.15, -0.1) is 0 Å². The van der Waals surface area contributed by atoms with Gasteiger partial charge in [-0.25, -0.2) is 0 Å². The van der Waals surface area contributed by atoms with E-state index in [0.29, 0.717) is 18.1 Å². The molecule has 1 aliphatic heterocycles. The van der Waals surface area contributed by atoms with E-state index in [1.807, 2.05) is 0 Å². The molecule has 3 unspecified atom stereocenters. The largest absolute Gasteiger partial charge is 0.373 e. The molecule has 1 aromatic rings. The maximum atomic E-state index is 5.78. The van der Waals surface area contributed by atoms with Crippen LogP contribution in [0.4, 0.5) is 0 Å². The average molecular weight is 312 g/mol. The number of rotatable bonds is 4. The van der Waals surface area contributed by atoms with Crippen molar-refractivity contribution in [2.45, 2.75) is 32.0 Å². The first-order valence-electron chi connectivity index (χ1n) is 6.67. The summed E-state index contributed by atoms with van der Waals surface area (Å²) < 4.78 is 5.78. The van der Waals surface area contributed by atoms with Crippen LogP contribution in [0.2, 0.25) is 0 Å². The Kier molecular flexibility index (Phi) is 5.22. The minimum absolute atomic E-state index is 0.348. The Hall–Kier alpha value is -0.380. The summed E-state index contributed by atoms with van der Waals surface area (Å²) in [6.07, 6.45) is 0.695. The first-order valence-corrected chi connectivity index (χ1v) is 7.80. The Bertz CT molecular complexity index is 347. The molecule has 0 radical (unpaired) electrons. The van der Waals surface area contributed by atoms with Crippen LogP contribution < -0.4 is 0 Å².